The van der Waals surface area contributed by atoms with E-state index in [2.05, 4.69) is 122 Å². The first-order valence-corrected chi connectivity index (χ1v) is 28.9. The molecule has 2 rings (SSSR count). The summed E-state index contributed by atoms with van der Waals surface area (Å²) in [5.41, 5.74) is 4.99. The molecule has 2 aromatic rings. The maximum absolute atomic E-state index is 12.2. The molecule has 0 aromatic heterocycles. The molecule has 6 nitrogen and oxygen atoms in total. The van der Waals surface area contributed by atoms with Crippen molar-refractivity contribution in [3.05, 3.63) is 57.6 Å². The predicted molar refractivity (Wildman–Crippen MR) is 299 cm³/mol. The van der Waals surface area contributed by atoms with E-state index < -0.39 is 5.97 Å². The number of rotatable bonds is 31. The number of unbranched alkanes of at least 4 members (excludes halogenated alkanes) is 20. The van der Waals surface area contributed by atoms with Crippen molar-refractivity contribution in [2.24, 2.45) is 0 Å². The van der Waals surface area contributed by atoms with Crippen molar-refractivity contribution < 1.29 is 29.6 Å². The molecule has 0 bridgehead atoms. The molecular formula is C60H104O6S2. The first kappa shape index (κ1) is 63.7. The van der Waals surface area contributed by atoms with Gasteiger partial charge in [-0.3, -0.25) is 9.59 Å². The third-order valence-electron chi connectivity index (χ3n) is 13.2. The number of thiol groups is 1. The second-order valence-corrected chi connectivity index (χ2v) is 25.4. The van der Waals surface area contributed by atoms with Gasteiger partial charge in [-0.15, -0.1) is 11.8 Å². The van der Waals surface area contributed by atoms with Gasteiger partial charge >= 0.3 is 11.9 Å². The SMILES string of the molecule is CCCCCCCCCCCCCC(OC(=O)CS)c1cc(C(C)(C)C)c(O)c(C(C)(C)C)c1.CCCCCCCCCCCCCC(SCc1cc(C(C)(C)C)c(O)c(C(C)(C)C)c1)C(=O)O. The zero-order valence-corrected chi connectivity index (χ0v) is 48.0. The summed E-state index contributed by atoms with van der Waals surface area (Å²) in [4.78, 5) is 24.1. The lowest BCUT2D eigenvalue weighted by Crippen LogP contribution is -2.20. The molecule has 0 saturated heterocycles. The third-order valence-corrected chi connectivity index (χ3v) is 14.8. The van der Waals surface area contributed by atoms with E-state index in [0.717, 1.165) is 71.9 Å². The predicted octanol–water partition coefficient (Wildman–Crippen LogP) is 18.6. The lowest BCUT2D eigenvalue weighted by molar-refractivity contribution is -0.146. The van der Waals surface area contributed by atoms with E-state index in [9.17, 15) is 24.9 Å². The van der Waals surface area contributed by atoms with Crippen LogP contribution < -0.4 is 0 Å². The second-order valence-electron chi connectivity index (χ2n) is 23.9. The van der Waals surface area contributed by atoms with Crippen molar-refractivity contribution >= 4 is 36.3 Å². The largest absolute Gasteiger partial charge is 0.507 e. The van der Waals surface area contributed by atoms with Crippen LogP contribution in [-0.2, 0) is 41.7 Å². The van der Waals surface area contributed by atoms with Crippen LogP contribution in [0.3, 0.4) is 0 Å². The fraction of sp³-hybridized carbons (Fsp3) is 0.767. The van der Waals surface area contributed by atoms with E-state index in [1.165, 1.54) is 127 Å². The van der Waals surface area contributed by atoms with Crippen molar-refractivity contribution in [2.45, 2.75) is 290 Å². The van der Waals surface area contributed by atoms with Gasteiger partial charge in [0.25, 0.3) is 0 Å². The summed E-state index contributed by atoms with van der Waals surface area (Å²) in [6.45, 7) is 29.8. The Kier molecular flexibility index (Phi) is 30.5. The quantitative estimate of drug-likeness (QED) is 0.0339. The zero-order valence-electron chi connectivity index (χ0n) is 46.3. The first-order valence-electron chi connectivity index (χ1n) is 27.2. The maximum Gasteiger partial charge on any atom is 0.316 e. The minimum atomic E-state index is -0.706. The molecule has 0 radical (unpaired) electrons. The number of carboxylic acids is 1. The molecule has 0 aliphatic heterocycles. The highest BCUT2D eigenvalue weighted by molar-refractivity contribution is 7.99. The van der Waals surface area contributed by atoms with Gasteiger partial charge in [-0.1, -0.05) is 244 Å². The Balaban J connectivity index is 0.000000680. The molecule has 2 aromatic carbocycles. The highest BCUT2D eigenvalue weighted by Crippen LogP contribution is 2.43. The van der Waals surface area contributed by atoms with Crippen LogP contribution in [0.2, 0.25) is 0 Å². The maximum atomic E-state index is 12.2. The van der Waals surface area contributed by atoms with Crippen LogP contribution in [0.4, 0.5) is 0 Å². The Morgan fingerprint density at radius 3 is 1.13 bits per heavy atom. The van der Waals surface area contributed by atoms with Crippen LogP contribution >= 0.6 is 24.4 Å². The molecule has 0 amide bonds. The standard InChI is InChI=1S/2C30H52O3S/c1-8-9-10-11-12-13-14-15-16-17-18-19-26(33-27(31)22-34)23-20-24(29(2,3)4)28(32)25(21-23)30(5,6)7;1-8-9-10-11-12-13-14-15-16-17-18-19-26(28(32)33)34-22-23-20-24(29(2,3)4)27(31)25(21-23)30(5,6)7/h20-21,26,32,34H,8-19,22H2,1-7H3;20-21,26,31H,8-19,22H2,1-7H3,(H,32,33). The average Bonchev–Trinajstić information content (AvgIpc) is 3.24. The van der Waals surface area contributed by atoms with Crippen molar-refractivity contribution in [1.29, 1.82) is 0 Å². The van der Waals surface area contributed by atoms with Gasteiger partial charge in [-0.05, 0) is 86.4 Å². The molecule has 3 N–H and O–H groups in total. The van der Waals surface area contributed by atoms with Gasteiger partial charge in [0.05, 0.1) is 5.75 Å². The molecule has 2 unspecified atom stereocenters. The summed E-state index contributed by atoms with van der Waals surface area (Å²) >= 11 is 5.65. The number of aliphatic carboxylic acids is 1. The topological polar surface area (TPSA) is 104 Å². The van der Waals surface area contributed by atoms with Gasteiger partial charge in [-0.2, -0.15) is 12.6 Å². The summed E-state index contributed by atoms with van der Waals surface area (Å²) in [7, 11) is 0. The van der Waals surface area contributed by atoms with Crippen molar-refractivity contribution in [2.75, 3.05) is 5.75 Å². The Bertz CT molecular complexity index is 1640. The lowest BCUT2D eigenvalue weighted by atomic mass is 9.77. The van der Waals surface area contributed by atoms with E-state index in [1.807, 2.05) is 12.1 Å². The number of ether oxygens (including phenoxy) is 1. The van der Waals surface area contributed by atoms with Crippen LogP contribution in [0.25, 0.3) is 0 Å². The summed E-state index contributed by atoms with van der Waals surface area (Å²) in [5.74, 6) is 0.469. The number of hydrogen-bond donors (Lipinski definition) is 4. The Morgan fingerprint density at radius 1 is 0.515 bits per heavy atom. The molecular weight excluding hydrogens is 881 g/mol. The highest BCUT2D eigenvalue weighted by atomic mass is 32.2. The number of thioether (sulfide) groups is 1. The highest BCUT2D eigenvalue weighted by Gasteiger charge is 2.30. The Hall–Kier alpha value is -2.32. The summed E-state index contributed by atoms with van der Waals surface area (Å²) < 4.78 is 5.86. The van der Waals surface area contributed by atoms with Gasteiger partial charge in [0.15, 0.2) is 0 Å². The number of aromatic hydroxyl groups is 2. The number of carboxylic acid groups (broad SMARTS) is 1. The molecule has 392 valence electrons. The van der Waals surface area contributed by atoms with E-state index in [0.29, 0.717) is 17.3 Å². The molecule has 0 aliphatic rings. The van der Waals surface area contributed by atoms with Gasteiger partial charge in [0, 0.05) is 5.75 Å². The fourth-order valence-electron chi connectivity index (χ4n) is 8.86. The molecule has 0 fully saturated rings. The van der Waals surface area contributed by atoms with Crippen LogP contribution in [0.5, 0.6) is 11.5 Å². The minimum absolute atomic E-state index is 0.0745. The summed E-state index contributed by atoms with van der Waals surface area (Å²) in [6.07, 6.45) is 29.5. The van der Waals surface area contributed by atoms with Crippen LogP contribution in [0.1, 0.15) is 291 Å². The number of esters is 1. The smallest absolute Gasteiger partial charge is 0.316 e. The van der Waals surface area contributed by atoms with Crippen molar-refractivity contribution in [3.8, 4) is 11.5 Å². The Morgan fingerprint density at radius 2 is 0.824 bits per heavy atom. The van der Waals surface area contributed by atoms with E-state index >= 15 is 0 Å². The number of carbonyl (C=O) groups is 2. The van der Waals surface area contributed by atoms with Gasteiger partial charge in [0.1, 0.15) is 22.9 Å². The number of hydrogen-bond acceptors (Lipinski definition) is 7. The molecule has 0 saturated carbocycles. The number of phenolic OH excluding ortho intramolecular Hbond substituents is 2. The van der Waals surface area contributed by atoms with Gasteiger partial charge in [-0.25, -0.2) is 0 Å². The first-order chi connectivity index (χ1) is 31.8. The monoisotopic (exact) mass is 985 g/mol. The minimum Gasteiger partial charge on any atom is -0.507 e. The van der Waals surface area contributed by atoms with Crippen LogP contribution in [-0.4, -0.2) is 38.3 Å². The Labute approximate surface area is 428 Å². The number of benzene rings is 2. The third kappa shape index (κ3) is 25.7. The molecule has 68 heavy (non-hydrogen) atoms. The molecule has 0 heterocycles. The van der Waals surface area contributed by atoms with Gasteiger partial charge in [0.2, 0.25) is 0 Å². The molecule has 2 atom stereocenters. The number of phenols is 2. The van der Waals surface area contributed by atoms with Gasteiger partial charge < -0.3 is 20.1 Å². The average molecular weight is 986 g/mol. The fourth-order valence-corrected chi connectivity index (χ4v) is 9.97. The molecule has 0 aliphatic carbocycles. The van der Waals surface area contributed by atoms with E-state index in [1.54, 1.807) is 0 Å². The van der Waals surface area contributed by atoms with Crippen molar-refractivity contribution in [1.82, 2.24) is 0 Å². The van der Waals surface area contributed by atoms with Crippen molar-refractivity contribution in [3.63, 3.8) is 0 Å². The summed E-state index contributed by atoms with van der Waals surface area (Å²) in [6, 6.07) is 8.22. The number of carbonyl (C=O) groups excluding carboxylic acids is 1. The van der Waals surface area contributed by atoms with Crippen LogP contribution in [0.15, 0.2) is 24.3 Å². The van der Waals surface area contributed by atoms with E-state index in [-0.39, 0.29) is 44.7 Å². The van der Waals surface area contributed by atoms with E-state index in [4.69, 9.17) is 4.74 Å². The second kappa shape index (κ2) is 32.6. The summed E-state index contributed by atoms with van der Waals surface area (Å²) in [5, 5.41) is 31.4. The zero-order chi connectivity index (χ0) is 51.6. The molecule has 0 spiro atoms. The lowest BCUT2D eigenvalue weighted by Gasteiger charge is -2.30. The normalized spacial score (nSPS) is 13.2. The van der Waals surface area contributed by atoms with Crippen LogP contribution in [0, 0.1) is 0 Å². The molecule has 8 heteroatoms.